The summed E-state index contributed by atoms with van der Waals surface area (Å²) in [6, 6.07) is -0.766. The van der Waals surface area contributed by atoms with Gasteiger partial charge in [0.15, 0.2) is 11.7 Å². The van der Waals surface area contributed by atoms with Crippen molar-refractivity contribution < 1.29 is 33.7 Å². The van der Waals surface area contributed by atoms with Crippen molar-refractivity contribution in [2.45, 2.75) is 19.9 Å². The minimum atomic E-state index is -1.12. The molecule has 2 N–H and O–H groups in total. The Labute approximate surface area is 131 Å². The maximum absolute atomic E-state index is 11.3. The van der Waals surface area contributed by atoms with Crippen LogP contribution in [0.3, 0.4) is 0 Å². The molecular weight excluding hydrogens is 316 g/mol. The Hall–Kier alpha value is -2.23. The van der Waals surface area contributed by atoms with Crippen molar-refractivity contribution in [3.63, 3.8) is 0 Å². The Kier molecular flexibility index (Phi) is 6.70. The highest BCUT2D eigenvalue weighted by Crippen LogP contribution is 2.13. The van der Waals surface area contributed by atoms with Crippen molar-refractivity contribution >= 4 is 41.1 Å². The van der Waals surface area contributed by atoms with E-state index in [1.165, 1.54) is 6.92 Å². The molecule has 0 fully saturated rings. The molecule has 2 unspecified atom stereocenters. The number of carbonyl (C=O) groups is 3. The van der Waals surface area contributed by atoms with Gasteiger partial charge >= 0.3 is 18.1 Å². The molecular formula is C12H16N2O7S. The highest BCUT2D eigenvalue weighted by molar-refractivity contribution is 7.80. The normalized spacial score (nSPS) is 20.5. The zero-order valence-corrected chi connectivity index (χ0v) is 12.8. The first kappa shape index (κ1) is 17.8. The summed E-state index contributed by atoms with van der Waals surface area (Å²) in [4.78, 5) is 37.4. The van der Waals surface area contributed by atoms with Gasteiger partial charge in [0.1, 0.15) is 12.5 Å². The molecule has 122 valence electrons. The minimum Gasteiger partial charge on any atom is -0.481 e. The van der Waals surface area contributed by atoms with Crippen LogP contribution in [0, 0.1) is 5.92 Å². The number of hydrogen-bond acceptors (Lipinski definition) is 7. The van der Waals surface area contributed by atoms with Gasteiger partial charge in [0, 0.05) is 5.71 Å². The van der Waals surface area contributed by atoms with Crippen LogP contribution in [0.4, 0.5) is 4.79 Å². The topological polar surface area (TPSA) is 124 Å². The van der Waals surface area contributed by atoms with E-state index in [0.717, 1.165) is 0 Å². The fourth-order valence-electron chi connectivity index (χ4n) is 1.80. The minimum absolute atomic E-state index is 0.114. The van der Waals surface area contributed by atoms with Crippen LogP contribution in [0.5, 0.6) is 0 Å². The SMILES string of the molecule is CCOC(=O)COC(=O)OCC1NC(=S)N=C(C)C1C(=O)O. The van der Waals surface area contributed by atoms with Crippen molar-refractivity contribution in [2.24, 2.45) is 10.9 Å². The van der Waals surface area contributed by atoms with Crippen molar-refractivity contribution in [3.05, 3.63) is 0 Å². The number of nitrogens with zero attached hydrogens (tertiary/aromatic N) is 1. The lowest BCUT2D eigenvalue weighted by molar-refractivity contribution is -0.147. The summed E-state index contributed by atoms with van der Waals surface area (Å²) < 4.78 is 13.9. The fraction of sp³-hybridized carbons (Fsp3) is 0.583. The van der Waals surface area contributed by atoms with Crippen molar-refractivity contribution in [3.8, 4) is 0 Å². The number of esters is 1. The third-order valence-electron chi connectivity index (χ3n) is 2.70. The zero-order valence-electron chi connectivity index (χ0n) is 12.0. The molecule has 0 saturated heterocycles. The number of carboxylic acids is 1. The van der Waals surface area contributed by atoms with Gasteiger partial charge in [0.2, 0.25) is 0 Å². The number of carboxylic acid groups (broad SMARTS) is 1. The van der Waals surface area contributed by atoms with E-state index in [4.69, 9.17) is 22.1 Å². The maximum atomic E-state index is 11.3. The quantitative estimate of drug-likeness (QED) is 0.515. The van der Waals surface area contributed by atoms with Crippen molar-refractivity contribution in [1.82, 2.24) is 5.32 Å². The second-order valence-electron chi connectivity index (χ2n) is 4.28. The summed E-state index contributed by atoms with van der Waals surface area (Å²) in [5.74, 6) is -2.81. The molecule has 9 nitrogen and oxygen atoms in total. The van der Waals surface area contributed by atoms with Gasteiger partial charge < -0.3 is 24.6 Å². The zero-order chi connectivity index (χ0) is 16.7. The van der Waals surface area contributed by atoms with E-state index in [0.29, 0.717) is 5.71 Å². The van der Waals surface area contributed by atoms with Crippen molar-refractivity contribution in [2.75, 3.05) is 19.8 Å². The lowest BCUT2D eigenvalue weighted by atomic mass is 9.94. The van der Waals surface area contributed by atoms with Gasteiger partial charge in [0.05, 0.1) is 12.6 Å². The smallest absolute Gasteiger partial charge is 0.481 e. The van der Waals surface area contributed by atoms with Crippen LogP contribution in [0.15, 0.2) is 4.99 Å². The van der Waals surface area contributed by atoms with Crippen LogP contribution in [0.1, 0.15) is 13.8 Å². The first-order valence-corrected chi connectivity index (χ1v) is 6.79. The predicted molar refractivity (Wildman–Crippen MR) is 77.7 cm³/mol. The van der Waals surface area contributed by atoms with Crippen LogP contribution in [-0.2, 0) is 23.8 Å². The molecule has 0 amide bonds. The molecule has 2 atom stereocenters. The van der Waals surface area contributed by atoms with Gasteiger partial charge in [0.25, 0.3) is 0 Å². The van der Waals surface area contributed by atoms with Crippen LogP contribution >= 0.6 is 12.2 Å². The average molecular weight is 332 g/mol. The lowest BCUT2D eigenvalue weighted by Gasteiger charge is -2.28. The molecule has 0 aromatic carbocycles. The first-order chi connectivity index (χ1) is 10.3. The van der Waals surface area contributed by atoms with E-state index < -0.39 is 36.7 Å². The average Bonchev–Trinajstić information content (AvgIpc) is 2.42. The second kappa shape index (κ2) is 8.27. The molecule has 0 bridgehead atoms. The van der Waals surface area contributed by atoms with Crippen LogP contribution in [0.2, 0.25) is 0 Å². The first-order valence-electron chi connectivity index (χ1n) is 6.38. The molecule has 0 saturated carbocycles. The number of carbonyl (C=O) groups excluding carboxylic acids is 2. The predicted octanol–water partition coefficient (Wildman–Crippen LogP) is 0.121. The Morgan fingerprint density at radius 2 is 2.00 bits per heavy atom. The molecule has 10 heteroatoms. The Balaban J connectivity index is 2.50. The van der Waals surface area contributed by atoms with E-state index in [-0.39, 0.29) is 18.3 Å². The number of ether oxygens (including phenoxy) is 3. The van der Waals surface area contributed by atoms with Crippen molar-refractivity contribution in [1.29, 1.82) is 0 Å². The van der Waals surface area contributed by atoms with Gasteiger partial charge in [-0.05, 0) is 26.1 Å². The molecule has 0 spiro atoms. The second-order valence-corrected chi connectivity index (χ2v) is 4.67. The largest absolute Gasteiger partial charge is 0.508 e. The molecule has 22 heavy (non-hydrogen) atoms. The molecule has 1 aliphatic rings. The summed E-state index contributed by atoms with van der Waals surface area (Å²) in [5.41, 5.74) is 0.310. The molecule has 0 aliphatic carbocycles. The van der Waals surface area contributed by atoms with E-state index in [1.54, 1.807) is 6.92 Å². The molecule has 1 heterocycles. The van der Waals surface area contributed by atoms with E-state index in [9.17, 15) is 14.4 Å². The Bertz CT molecular complexity index is 506. The lowest BCUT2D eigenvalue weighted by Crippen LogP contribution is -2.52. The number of thiocarbonyl (C=S) groups is 1. The summed E-state index contributed by atoms with van der Waals surface area (Å²) in [6.07, 6.45) is -1.11. The van der Waals surface area contributed by atoms with E-state index in [2.05, 4.69) is 19.8 Å². The van der Waals surface area contributed by atoms with Crippen LogP contribution < -0.4 is 5.32 Å². The number of aliphatic carboxylic acids is 1. The maximum Gasteiger partial charge on any atom is 0.508 e. The summed E-state index contributed by atoms with van der Waals surface area (Å²) in [6.45, 7) is 2.43. The summed E-state index contributed by atoms with van der Waals surface area (Å²) in [7, 11) is 0. The van der Waals surface area contributed by atoms with Crippen LogP contribution in [0.25, 0.3) is 0 Å². The van der Waals surface area contributed by atoms with Gasteiger partial charge in [-0.25, -0.2) is 14.6 Å². The number of rotatable bonds is 6. The highest BCUT2D eigenvalue weighted by Gasteiger charge is 2.35. The highest BCUT2D eigenvalue weighted by atomic mass is 32.1. The van der Waals surface area contributed by atoms with E-state index >= 15 is 0 Å². The van der Waals surface area contributed by atoms with E-state index in [1.807, 2.05) is 0 Å². The third kappa shape index (κ3) is 5.28. The summed E-state index contributed by atoms with van der Waals surface area (Å²) in [5, 5.41) is 11.9. The molecule has 1 aliphatic heterocycles. The Morgan fingerprint density at radius 3 is 2.59 bits per heavy atom. The van der Waals surface area contributed by atoms with Gasteiger partial charge in [-0.1, -0.05) is 0 Å². The number of aliphatic imine (C=N–C) groups is 1. The van der Waals surface area contributed by atoms with Gasteiger partial charge in [-0.15, -0.1) is 0 Å². The molecule has 0 aromatic heterocycles. The number of hydrogen-bond donors (Lipinski definition) is 2. The standard InChI is InChI=1S/C12H16N2O7S/c1-3-19-8(15)5-21-12(18)20-4-7-9(10(16)17)6(2)13-11(22)14-7/h7,9H,3-5H2,1-2H3,(H,14,22)(H,16,17). The van der Waals surface area contributed by atoms with Crippen LogP contribution in [-0.4, -0.2) is 59.9 Å². The Morgan fingerprint density at radius 1 is 1.32 bits per heavy atom. The molecule has 0 aromatic rings. The van der Waals surface area contributed by atoms with Gasteiger partial charge in [-0.3, -0.25) is 4.79 Å². The molecule has 1 rings (SSSR count). The number of nitrogens with one attached hydrogen (secondary N) is 1. The molecule has 0 radical (unpaired) electrons. The summed E-state index contributed by atoms with van der Waals surface area (Å²) >= 11 is 4.87. The third-order valence-corrected chi connectivity index (χ3v) is 2.91. The monoisotopic (exact) mass is 332 g/mol. The van der Waals surface area contributed by atoms with Gasteiger partial charge in [-0.2, -0.15) is 0 Å². The fourth-order valence-corrected chi connectivity index (χ4v) is 2.10.